The minimum atomic E-state index is -3.91. The number of primary sulfonamides is 1. The quantitative estimate of drug-likeness (QED) is 0.464. The van der Waals surface area contributed by atoms with E-state index in [9.17, 15) is 18.0 Å². The average molecular weight is 303 g/mol. The molecule has 0 saturated carbocycles. The van der Waals surface area contributed by atoms with Gasteiger partial charge in [-0.15, -0.1) is 0 Å². The summed E-state index contributed by atoms with van der Waals surface area (Å²) in [6.07, 6.45) is 0. The van der Waals surface area contributed by atoms with Crippen LogP contribution in [0.4, 0.5) is 10.5 Å². The molecule has 10 heteroatoms. The molecule has 0 aliphatic rings. The number of carboxylic acid groups (broad SMARTS) is 1. The minimum Gasteiger partial charge on any atom is -0.480 e. The van der Waals surface area contributed by atoms with Crippen LogP contribution >= 0.6 is 0 Å². The number of rotatable bonds is 5. The molecule has 110 valence electrons. The van der Waals surface area contributed by atoms with Crippen LogP contribution < -0.4 is 15.8 Å². The Morgan fingerprint density at radius 1 is 1.35 bits per heavy atom. The maximum absolute atomic E-state index is 11.5. The maximum Gasteiger partial charge on any atom is 0.328 e. The number of sulfonamides is 1. The van der Waals surface area contributed by atoms with Crippen LogP contribution in [-0.4, -0.2) is 43.3 Å². The second kappa shape index (κ2) is 6.32. The average Bonchev–Trinajstić information content (AvgIpc) is 2.34. The summed E-state index contributed by atoms with van der Waals surface area (Å²) in [6.45, 7) is -0.778. The first kappa shape index (κ1) is 15.9. The highest BCUT2D eigenvalue weighted by atomic mass is 32.2. The van der Waals surface area contributed by atoms with Crippen molar-refractivity contribution in [3.05, 3.63) is 24.3 Å². The van der Waals surface area contributed by atoms with Crippen LogP contribution in [0.15, 0.2) is 29.2 Å². The molecule has 9 nitrogen and oxygen atoms in total. The lowest BCUT2D eigenvalue weighted by molar-refractivity contribution is -0.140. The summed E-state index contributed by atoms with van der Waals surface area (Å²) >= 11 is 0. The number of aliphatic hydroxyl groups excluding tert-OH is 1. The second-order valence-electron chi connectivity index (χ2n) is 3.74. The fourth-order valence-corrected chi connectivity index (χ4v) is 1.82. The topological polar surface area (TPSA) is 159 Å². The number of nitrogens with one attached hydrogen (secondary N) is 2. The van der Waals surface area contributed by atoms with Crippen molar-refractivity contribution < 1.29 is 28.2 Å². The summed E-state index contributed by atoms with van der Waals surface area (Å²) in [5, 5.41) is 26.5. The van der Waals surface area contributed by atoms with Crippen molar-refractivity contribution >= 4 is 27.7 Å². The van der Waals surface area contributed by atoms with Crippen LogP contribution in [0.3, 0.4) is 0 Å². The first-order valence-electron chi connectivity index (χ1n) is 5.28. The maximum atomic E-state index is 11.5. The normalized spacial score (nSPS) is 12.5. The molecule has 0 fully saturated rings. The van der Waals surface area contributed by atoms with Gasteiger partial charge in [-0.3, -0.25) is 0 Å². The molecule has 0 aliphatic carbocycles. The third-order valence-electron chi connectivity index (χ3n) is 2.21. The molecular weight excluding hydrogens is 290 g/mol. The number of hydrogen-bond donors (Lipinski definition) is 5. The highest BCUT2D eigenvalue weighted by molar-refractivity contribution is 7.89. The van der Waals surface area contributed by atoms with E-state index < -0.39 is 34.7 Å². The first-order chi connectivity index (χ1) is 9.24. The van der Waals surface area contributed by atoms with Gasteiger partial charge in [0.05, 0.1) is 11.5 Å². The molecule has 0 saturated heterocycles. The van der Waals surface area contributed by atoms with Crippen LogP contribution in [-0.2, 0) is 14.8 Å². The highest BCUT2D eigenvalue weighted by Gasteiger charge is 2.18. The third kappa shape index (κ3) is 4.50. The van der Waals surface area contributed by atoms with E-state index in [-0.39, 0.29) is 10.6 Å². The molecule has 0 bridgehead atoms. The van der Waals surface area contributed by atoms with Crippen LogP contribution in [0.1, 0.15) is 0 Å². The molecule has 6 N–H and O–H groups in total. The lowest BCUT2D eigenvalue weighted by Crippen LogP contribution is -2.45. The molecule has 0 radical (unpaired) electrons. The van der Waals surface area contributed by atoms with Gasteiger partial charge in [-0.1, -0.05) is 6.07 Å². The molecule has 0 spiro atoms. The van der Waals surface area contributed by atoms with Crippen LogP contribution in [0.5, 0.6) is 0 Å². The molecule has 1 unspecified atom stereocenters. The molecule has 2 amide bonds. The number of aliphatic hydroxyl groups is 1. The zero-order chi connectivity index (χ0) is 15.3. The molecule has 1 aromatic carbocycles. The Morgan fingerprint density at radius 3 is 2.50 bits per heavy atom. The number of amides is 2. The Kier molecular flexibility index (Phi) is 5.02. The largest absolute Gasteiger partial charge is 0.480 e. The van der Waals surface area contributed by atoms with Crippen molar-refractivity contribution in [3.63, 3.8) is 0 Å². The molecule has 0 aromatic heterocycles. The van der Waals surface area contributed by atoms with Gasteiger partial charge in [-0.25, -0.2) is 23.1 Å². The number of carbonyl (C=O) groups excluding carboxylic acids is 1. The Labute approximate surface area is 114 Å². The van der Waals surface area contributed by atoms with Crippen molar-refractivity contribution in [3.8, 4) is 0 Å². The lowest BCUT2D eigenvalue weighted by atomic mass is 10.3. The summed E-state index contributed by atoms with van der Waals surface area (Å²) in [5.74, 6) is -1.40. The lowest BCUT2D eigenvalue weighted by Gasteiger charge is -2.12. The van der Waals surface area contributed by atoms with Gasteiger partial charge in [0, 0.05) is 5.69 Å². The van der Waals surface area contributed by atoms with E-state index >= 15 is 0 Å². The number of urea groups is 1. The van der Waals surface area contributed by atoms with Crippen molar-refractivity contribution in [1.82, 2.24) is 5.32 Å². The van der Waals surface area contributed by atoms with E-state index in [2.05, 4.69) is 5.32 Å². The van der Waals surface area contributed by atoms with Gasteiger partial charge in [-0.05, 0) is 18.2 Å². The van der Waals surface area contributed by atoms with Crippen molar-refractivity contribution in [2.24, 2.45) is 5.14 Å². The Balaban J connectivity index is 2.79. The van der Waals surface area contributed by atoms with Crippen LogP contribution in [0.25, 0.3) is 0 Å². The fourth-order valence-electron chi connectivity index (χ4n) is 1.26. The summed E-state index contributed by atoms with van der Waals surface area (Å²) in [6, 6.07) is 2.74. The number of carboxylic acids is 1. The predicted molar refractivity (Wildman–Crippen MR) is 68.5 cm³/mol. The van der Waals surface area contributed by atoms with Crippen LogP contribution in [0, 0.1) is 0 Å². The number of hydrogen-bond acceptors (Lipinski definition) is 5. The standard InChI is InChI=1S/C10H13N3O6S/c11-20(18,19)7-3-1-2-6(4-7)12-10(17)13-8(5-14)9(15)16/h1-4,8,14H,5H2,(H,15,16)(H2,11,18,19)(H2,12,13,17). The fraction of sp³-hybridized carbons (Fsp3) is 0.200. The highest BCUT2D eigenvalue weighted by Crippen LogP contribution is 2.13. The van der Waals surface area contributed by atoms with Crippen molar-refractivity contribution in [2.75, 3.05) is 11.9 Å². The van der Waals surface area contributed by atoms with Gasteiger partial charge in [0.25, 0.3) is 0 Å². The third-order valence-corrected chi connectivity index (χ3v) is 3.12. The summed E-state index contributed by atoms with van der Waals surface area (Å²) < 4.78 is 22.2. The SMILES string of the molecule is NS(=O)(=O)c1cccc(NC(=O)NC(CO)C(=O)O)c1. The minimum absolute atomic E-state index is 0.108. The molecular formula is C10H13N3O6S. The van der Waals surface area contributed by atoms with Crippen molar-refractivity contribution in [2.45, 2.75) is 10.9 Å². The number of benzene rings is 1. The first-order valence-corrected chi connectivity index (χ1v) is 6.82. The van der Waals surface area contributed by atoms with Gasteiger partial charge in [0.15, 0.2) is 6.04 Å². The van der Waals surface area contributed by atoms with Gasteiger partial charge < -0.3 is 20.8 Å². The van der Waals surface area contributed by atoms with Gasteiger partial charge in [0.2, 0.25) is 10.0 Å². The monoisotopic (exact) mass is 303 g/mol. The molecule has 1 atom stereocenters. The predicted octanol–water partition coefficient (Wildman–Crippen LogP) is -1.10. The Hall–Kier alpha value is -2.17. The van der Waals surface area contributed by atoms with E-state index in [1.165, 1.54) is 18.2 Å². The molecule has 0 aliphatic heterocycles. The zero-order valence-corrected chi connectivity index (χ0v) is 10.9. The van der Waals surface area contributed by atoms with Gasteiger partial charge >= 0.3 is 12.0 Å². The smallest absolute Gasteiger partial charge is 0.328 e. The number of carbonyl (C=O) groups is 2. The van der Waals surface area contributed by atoms with E-state index in [4.69, 9.17) is 15.4 Å². The van der Waals surface area contributed by atoms with E-state index in [1.807, 2.05) is 5.32 Å². The van der Waals surface area contributed by atoms with E-state index in [0.717, 1.165) is 6.07 Å². The number of anilines is 1. The Bertz CT molecular complexity index is 615. The van der Waals surface area contributed by atoms with E-state index in [0.29, 0.717) is 0 Å². The summed E-state index contributed by atoms with van der Waals surface area (Å²) in [4.78, 5) is 21.9. The zero-order valence-electron chi connectivity index (χ0n) is 10.1. The summed E-state index contributed by atoms with van der Waals surface area (Å²) in [7, 11) is -3.91. The van der Waals surface area contributed by atoms with Crippen LogP contribution in [0.2, 0.25) is 0 Å². The second-order valence-corrected chi connectivity index (χ2v) is 5.31. The molecule has 0 heterocycles. The van der Waals surface area contributed by atoms with E-state index in [1.54, 1.807) is 0 Å². The van der Waals surface area contributed by atoms with Crippen molar-refractivity contribution in [1.29, 1.82) is 0 Å². The number of nitrogens with two attached hydrogens (primary N) is 1. The van der Waals surface area contributed by atoms with Gasteiger partial charge in [0.1, 0.15) is 0 Å². The summed E-state index contributed by atoms with van der Waals surface area (Å²) in [5.41, 5.74) is 0.108. The molecule has 20 heavy (non-hydrogen) atoms. The molecule has 1 aromatic rings. The molecule has 1 rings (SSSR count). The van der Waals surface area contributed by atoms with Gasteiger partial charge in [-0.2, -0.15) is 0 Å². The number of aliphatic carboxylic acids is 1. The Morgan fingerprint density at radius 2 is 2.00 bits per heavy atom.